The highest BCUT2D eigenvalue weighted by Gasteiger charge is 2.21. The van der Waals surface area contributed by atoms with Gasteiger partial charge < -0.3 is 5.73 Å². The molecular weight excluding hydrogens is 172 g/mol. The van der Waals surface area contributed by atoms with Gasteiger partial charge in [0.1, 0.15) is 0 Å². The molecule has 0 saturated heterocycles. The highest BCUT2D eigenvalue weighted by Crippen LogP contribution is 2.15. The molecule has 2 unspecified atom stereocenters. The van der Waals surface area contributed by atoms with Crippen molar-refractivity contribution in [3.05, 3.63) is 0 Å². The summed E-state index contributed by atoms with van der Waals surface area (Å²) in [6, 6.07) is 1.20. The Labute approximate surface area is 89.9 Å². The Morgan fingerprint density at radius 2 is 1.50 bits per heavy atom. The van der Waals surface area contributed by atoms with Crippen LogP contribution in [-0.4, -0.2) is 30.1 Å². The van der Waals surface area contributed by atoms with Crippen LogP contribution in [0.3, 0.4) is 0 Å². The third kappa shape index (κ3) is 4.43. The van der Waals surface area contributed by atoms with E-state index < -0.39 is 0 Å². The summed E-state index contributed by atoms with van der Waals surface area (Å²) in [4.78, 5) is 2.56. The van der Waals surface area contributed by atoms with Crippen molar-refractivity contribution in [3.63, 3.8) is 0 Å². The van der Waals surface area contributed by atoms with E-state index in [1.807, 2.05) is 0 Å². The van der Waals surface area contributed by atoms with Crippen LogP contribution in [0.15, 0.2) is 0 Å². The molecule has 0 aromatic heterocycles. The van der Waals surface area contributed by atoms with Crippen molar-refractivity contribution >= 4 is 0 Å². The van der Waals surface area contributed by atoms with Gasteiger partial charge in [-0.1, -0.05) is 20.8 Å². The van der Waals surface area contributed by atoms with Gasteiger partial charge in [-0.3, -0.25) is 4.90 Å². The number of rotatable bonds is 6. The largest absolute Gasteiger partial charge is 0.330 e. The highest BCUT2D eigenvalue weighted by atomic mass is 15.2. The molecule has 0 aromatic rings. The van der Waals surface area contributed by atoms with E-state index in [0.717, 1.165) is 12.5 Å². The van der Waals surface area contributed by atoms with Crippen molar-refractivity contribution in [1.29, 1.82) is 0 Å². The highest BCUT2D eigenvalue weighted by molar-refractivity contribution is 4.76. The first kappa shape index (κ1) is 13.9. The lowest BCUT2D eigenvalue weighted by Gasteiger charge is -2.37. The van der Waals surface area contributed by atoms with Crippen molar-refractivity contribution in [3.8, 4) is 0 Å². The predicted octanol–water partition coefficient (Wildman–Crippen LogP) is 2.34. The quantitative estimate of drug-likeness (QED) is 0.713. The first-order valence-corrected chi connectivity index (χ1v) is 5.85. The summed E-state index contributed by atoms with van der Waals surface area (Å²) in [7, 11) is 0. The molecular formula is C12H28N2. The van der Waals surface area contributed by atoms with E-state index in [2.05, 4.69) is 46.4 Å². The minimum Gasteiger partial charge on any atom is -0.330 e. The van der Waals surface area contributed by atoms with Crippen LogP contribution >= 0.6 is 0 Å². The van der Waals surface area contributed by atoms with Crippen LogP contribution in [0.1, 0.15) is 41.5 Å². The molecule has 0 spiro atoms. The summed E-state index contributed by atoms with van der Waals surface area (Å²) in [6.45, 7) is 15.6. The van der Waals surface area contributed by atoms with Gasteiger partial charge in [0.15, 0.2) is 0 Å². The maximum absolute atomic E-state index is 5.72. The van der Waals surface area contributed by atoms with Crippen LogP contribution in [0.2, 0.25) is 0 Å². The average Bonchev–Trinajstić information content (AvgIpc) is 2.11. The van der Waals surface area contributed by atoms with E-state index in [1.54, 1.807) is 0 Å². The Bertz CT molecular complexity index is 143. The van der Waals surface area contributed by atoms with E-state index in [-0.39, 0.29) is 0 Å². The van der Waals surface area contributed by atoms with Crippen molar-refractivity contribution < 1.29 is 0 Å². The van der Waals surface area contributed by atoms with Crippen molar-refractivity contribution in [2.75, 3.05) is 13.1 Å². The molecule has 2 nitrogen and oxygen atoms in total. The Hall–Kier alpha value is -0.0800. The SMILES string of the molecule is CC(C)CN(C(C)C)C(C)C(C)CN. The van der Waals surface area contributed by atoms with Crippen molar-refractivity contribution in [1.82, 2.24) is 4.90 Å². The minimum atomic E-state index is 0.580. The first-order valence-electron chi connectivity index (χ1n) is 5.85. The topological polar surface area (TPSA) is 29.3 Å². The van der Waals surface area contributed by atoms with Crippen LogP contribution in [0.4, 0.5) is 0 Å². The Morgan fingerprint density at radius 1 is 1.00 bits per heavy atom. The van der Waals surface area contributed by atoms with Gasteiger partial charge in [-0.25, -0.2) is 0 Å². The van der Waals surface area contributed by atoms with Gasteiger partial charge in [0.25, 0.3) is 0 Å². The van der Waals surface area contributed by atoms with Gasteiger partial charge >= 0.3 is 0 Å². The molecule has 0 aliphatic rings. The zero-order chi connectivity index (χ0) is 11.3. The number of nitrogens with two attached hydrogens (primary N) is 1. The van der Waals surface area contributed by atoms with Crippen LogP contribution in [-0.2, 0) is 0 Å². The summed E-state index contributed by atoms with van der Waals surface area (Å²) < 4.78 is 0. The molecule has 2 N–H and O–H groups in total. The number of nitrogens with zero attached hydrogens (tertiary/aromatic N) is 1. The molecule has 0 aromatic carbocycles. The minimum absolute atomic E-state index is 0.580. The fraction of sp³-hybridized carbons (Fsp3) is 1.00. The fourth-order valence-electron chi connectivity index (χ4n) is 1.79. The monoisotopic (exact) mass is 200 g/mol. The van der Waals surface area contributed by atoms with Crippen LogP contribution in [0.5, 0.6) is 0 Å². The first-order chi connectivity index (χ1) is 6.40. The maximum Gasteiger partial charge on any atom is 0.0107 e. The predicted molar refractivity (Wildman–Crippen MR) is 64.4 cm³/mol. The maximum atomic E-state index is 5.72. The van der Waals surface area contributed by atoms with E-state index >= 15 is 0 Å². The molecule has 0 rings (SSSR count). The smallest absolute Gasteiger partial charge is 0.0107 e. The lowest BCUT2D eigenvalue weighted by molar-refractivity contribution is 0.111. The molecule has 0 aliphatic carbocycles. The summed E-state index contributed by atoms with van der Waals surface area (Å²) in [5, 5.41) is 0. The molecule has 86 valence electrons. The normalized spacial score (nSPS) is 16.7. The van der Waals surface area contributed by atoms with E-state index in [4.69, 9.17) is 5.73 Å². The molecule has 14 heavy (non-hydrogen) atoms. The second-order valence-corrected chi connectivity index (χ2v) is 5.14. The Morgan fingerprint density at radius 3 is 1.79 bits per heavy atom. The lowest BCUT2D eigenvalue weighted by atomic mass is 9.99. The standard InChI is InChI=1S/C12H28N2/c1-9(2)8-14(10(3)4)12(6)11(5)7-13/h9-12H,7-8,13H2,1-6H3. The van der Waals surface area contributed by atoms with Gasteiger partial charge in [-0.2, -0.15) is 0 Å². The molecule has 0 aliphatic heterocycles. The zero-order valence-corrected chi connectivity index (χ0v) is 10.7. The molecule has 0 saturated carbocycles. The van der Waals surface area contributed by atoms with Gasteiger partial charge in [0.05, 0.1) is 0 Å². The molecule has 0 amide bonds. The van der Waals surface area contributed by atoms with E-state index in [1.165, 1.54) is 6.54 Å². The molecule has 0 radical (unpaired) electrons. The zero-order valence-electron chi connectivity index (χ0n) is 10.7. The number of hydrogen-bond acceptors (Lipinski definition) is 2. The second kappa shape index (κ2) is 6.41. The second-order valence-electron chi connectivity index (χ2n) is 5.14. The summed E-state index contributed by atoms with van der Waals surface area (Å²) in [6.07, 6.45) is 0. The van der Waals surface area contributed by atoms with Crippen molar-refractivity contribution in [2.45, 2.75) is 53.6 Å². The fourth-order valence-corrected chi connectivity index (χ4v) is 1.79. The Balaban J connectivity index is 4.32. The van der Waals surface area contributed by atoms with Crippen LogP contribution < -0.4 is 5.73 Å². The summed E-state index contributed by atoms with van der Waals surface area (Å²) >= 11 is 0. The van der Waals surface area contributed by atoms with Crippen LogP contribution in [0.25, 0.3) is 0 Å². The molecule has 0 heterocycles. The third-order valence-electron chi connectivity index (χ3n) is 2.96. The van der Waals surface area contributed by atoms with Gasteiger partial charge in [0, 0.05) is 18.6 Å². The van der Waals surface area contributed by atoms with Crippen molar-refractivity contribution in [2.24, 2.45) is 17.6 Å². The molecule has 0 bridgehead atoms. The van der Waals surface area contributed by atoms with Crippen LogP contribution in [0, 0.1) is 11.8 Å². The lowest BCUT2D eigenvalue weighted by Crippen LogP contribution is -2.45. The van der Waals surface area contributed by atoms with Gasteiger partial charge in [0.2, 0.25) is 0 Å². The van der Waals surface area contributed by atoms with E-state index in [0.29, 0.717) is 18.0 Å². The molecule has 2 atom stereocenters. The van der Waals surface area contributed by atoms with E-state index in [9.17, 15) is 0 Å². The average molecular weight is 200 g/mol. The summed E-state index contributed by atoms with van der Waals surface area (Å²) in [5.41, 5.74) is 5.72. The number of hydrogen-bond donors (Lipinski definition) is 1. The third-order valence-corrected chi connectivity index (χ3v) is 2.96. The molecule has 0 fully saturated rings. The van der Waals surface area contributed by atoms with Gasteiger partial charge in [-0.15, -0.1) is 0 Å². The Kier molecular flexibility index (Phi) is 6.38. The van der Waals surface area contributed by atoms with Gasteiger partial charge in [-0.05, 0) is 39.2 Å². The summed E-state index contributed by atoms with van der Waals surface area (Å²) in [5.74, 6) is 1.31. The molecule has 2 heteroatoms.